The molecule has 52 valence electrons. The van der Waals surface area contributed by atoms with E-state index in [1.54, 1.807) is 24.3 Å². The lowest BCUT2D eigenvalue weighted by molar-refractivity contribution is -0.137. The van der Waals surface area contributed by atoms with Crippen molar-refractivity contribution >= 4 is 23.1 Å². The molecule has 1 atom stereocenters. The average molecular weight is 154 g/mol. The van der Waals surface area contributed by atoms with Crippen LogP contribution in [0.2, 0.25) is 0 Å². The molecule has 0 fully saturated rings. The second kappa shape index (κ2) is 2.75. The zero-order chi connectivity index (χ0) is 7.56. The third-order valence-electron chi connectivity index (χ3n) is 1.25. The zero-order valence-corrected chi connectivity index (χ0v) is 5.97. The molecule has 0 saturated carbocycles. The molecule has 1 N–H and O–H groups in total. The van der Waals surface area contributed by atoms with Gasteiger partial charge in [0.15, 0.2) is 0 Å². The van der Waals surface area contributed by atoms with Gasteiger partial charge >= 0.3 is 5.97 Å². The summed E-state index contributed by atoms with van der Waals surface area (Å²) in [6, 6.07) is 0. The van der Waals surface area contributed by atoms with Crippen LogP contribution in [0.15, 0.2) is 24.3 Å². The van der Waals surface area contributed by atoms with Crippen molar-refractivity contribution in [1.82, 2.24) is 0 Å². The number of aliphatic carboxylic acids is 1. The quantitative estimate of drug-likeness (QED) is 0.576. The molecule has 0 aromatic rings. The molecule has 1 aliphatic rings. The van der Waals surface area contributed by atoms with Crippen LogP contribution in [0.1, 0.15) is 0 Å². The van der Waals surface area contributed by atoms with Crippen LogP contribution >= 0.6 is 12.2 Å². The summed E-state index contributed by atoms with van der Waals surface area (Å²) in [5, 5.41) is 8.54. The molecular weight excluding hydrogens is 148 g/mol. The predicted molar refractivity (Wildman–Crippen MR) is 42.0 cm³/mol. The van der Waals surface area contributed by atoms with E-state index < -0.39 is 11.9 Å². The van der Waals surface area contributed by atoms with E-state index in [9.17, 15) is 4.79 Å². The van der Waals surface area contributed by atoms with Crippen LogP contribution in [-0.2, 0) is 4.79 Å². The van der Waals surface area contributed by atoms with E-state index in [0.29, 0.717) is 4.86 Å². The second-order valence-corrected chi connectivity index (χ2v) is 2.43. The molecule has 0 aliphatic heterocycles. The van der Waals surface area contributed by atoms with E-state index in [1.807, 2.05) is 0 Å². The molecule has 1 rings (SSSR count). The smallest absolute Gasteiger partial charge is 0.315 e. The van der Waals surface area contributed by atoms with Gasteiger partial charge in [-0.05, 0) is 6.08 Å². The van der Waals surface area contributed by atoms with Gasteiger partial charge in [0, 0.05) is 4.86 Å². The standard InChI is InChI=1S/C7H6O2S/c8-7(9)5-3-1-2-4-6(5)10/h1-5H,(H,8,9). The third-order valence-corrected chi connectivity index (χ3v) is 1.64. The summed E-state index contributed by atoms with van der Waals surface area (Å²) in [4.78, 5) is 10.9. The van der Waals surface area contributed by atoms with Gasteiger partial charge in [-0.2, -0.15) is 0 Å². The van der Waals surface area contributed by atoms with Crippen LogP contribution in [0.25, 0.3) is 0 Å². The van der Waals surface area contributed by atoms with E-state index in [-0.39, 0.29) is 0 Å². The third kappa shape index (κ3) is 1.30. The maximum absolute atomic E-state index is 10.4. The average Bonchev–Trinajstić information content (AvgIpc) is 1.88. The molecule has 2 nitrogen and oxygen atoms in total. The van der Waals surface area contributed by atoms with Gasteiger partial charge in [-0.1, -0.05) is 30.4 Å². The number of carboxylic acids is 1. The van der Waals surface area contributed by atoms with Gasteiger partial charge in [0.25, 0.3) is 0 Å². The van der Waals surface area contributed by atoms with Crippen molar-refractivity contribution in [2.24, 2.45) is 5.92 Å². The van der Waals surface area contributed by atoms with Gasteiger partial charge in [0.05, 0.1) is 0 Å². The molecule has 1 aliphatic carbocycles. The highest BCUT2D eigenvalue weighted by Gasteiger charge is 2.18. The van der Waals surface area contributed by atoms with Gasteiger partial charge in [0.1, 0.15) is 5.92 Å². The Morgan fingerprint density at radius 1 is 1.60 bits per heavy atom. The van der Waals surface area contributed by atoms with E-state index in [1.165, 1.54) is 0 Å². The molecule has 0 saturated heterocycles. The summed E-state index contributed by atoms with van der Waals surface area (Å²) in [6.45, 7) is 0. The Bertz CT molecular complexity index is 228. The number of thiocarbonyl (C=S) groups is 1. The predicted octanol–water partition coefficient (Wildman–Crippen LogP) is 1.18. The topological polar surface area (TPSA) is 37.3 Å². The van der Waals surface area contributed by atoms with Crippen LogP contribution in [0.3, 0.4) is 0 Å². The number of rotatable bonds is 1. The lowest BCUT2D eigenvalue weighted by Crippen LogP contribution is -2.19. The Hall–Kier alpha value is -0.960. The van der Waals surface area contributed by atoms with Crippen LogP contribution < -0.4 is 0 Å². The van der Waals surface area contributed by atoms with E-state index >= 15 is 0 Å². The number of hydrogen-bond acceptors (Lipinski definition) is 2. The van der Waals surface area contributed by atoms with Crippen molar-refractivity contribution in [2.75, 3.05) is 0 Å². The van der Waals surface area contributed by atoms with Crippen molar-refractivity contribution < 1.29 is 9.90 Å². The van der Waals surface area contributed by atoms with Crippen molar-refractivity contribution in [3.8, 4) is 0 Å². The Labute approximate surface area is 63.9 Å². The van der Waals surface area contributed by atoms with E-state index in [0.717, 1.165) is 0 Å². The lowest BCUT2D eigenvalue weighted by atomic mass is 10.0. The molecule has 0 bridgehead atoms. The number of hydrogen-bond donors (Lipinski definition) is 1. The normalized spacial score (nSPS) is 23.2. The Morgan fingerprint density at radius 2 is 2.30 bits per heavy atom. The number of carbonyl (C=O) groups is 1. The largest absolute Gasteiger partial charge is 0.481 e. The fourth-order valence-electron chi connectivity index (χ4n) is 0.728. The van der Waals surface area contributed by atoms with Gasteiger partial charge in [-0.3, -0.25) is 4.79 Å². The summed E-state index contributed by atoms with van der Waals surface area (Å²) in [6.07, 6.45) is 6.63. The first-order chi connectivity index (χ1) is 4.72. The highest BCUT2D eigenvalue weighted by atomic mass is 32.1. The van der Waals surface area contributed by atoms with Crippen LogP contribution in [0, 0.1) is 5.92 Å². The summed E-state index contributed by atoms with van der Waals surface area (Å²) >= 11 is 4.78. The van der Waals surface area contributed by atoms with Crippen molar-refractivity contribution in [2.45, 2.75) is 0 Å². The minimum atomic E-state index is -0.884. The summed E-state index contributed by atoms with van der Waals surface area (Å²) in [5.74, 6) is -1.48. The SMILES string of the molecule is O=C(O)C1C=CC=CC1=S. The first-order valence-corrected chi connectivity index (χ1v) is 3.24. The zero-order valence-electron chi connectivity index (χ0n) is 5.15. The van der Waals surface area contributed by atoms with Gasteiger partial charge in [0.2, 0.25) is 0 Å². The Balaban J connectivity index is 2.80. The van der Waals surface area contributed by atoms with Crippen LogP contribution in [0.5, 0.6) is 0 Å². The van der Waals surface area contributed by atoms with Gasteiger partial charge < -0.3 is 5.11 Å². The fourth-order valence-corrected chi connectivity index (χ4v) is 0.986. The first-order valence-electron chi connectivity index (χ1n) is 2.83. The first kappa shape index (κ1) is 7.15. The molecule has 0 amide bonds. The van der Waals surface area contributed by atoms with Crippen molar-refractivity contribution in [3.05, 3.63) is 24.3 Å². The summed E-state index contributed by atoms with van der Waals surface area (Å²) in [5.41, 5.74) is 0. The second-order valence-electron chi connectivity index (χ2n) is 1.96. The molecule has 1 unspecified atom stereocenters. The molecule has 0 spiro atoms. The highest BCUT2D eigenvalue weighted by Crippen LogP contribution is 2.09. The van der Waals surface area contributed by atoms with Gasteiger partial charge in [-0.15, -0.1) is 0 Å². The molecule has 0 aromatic heterocycles. The molecule has 10 heavy (non-hydrogen) atoms. The highest BCUT2D eigenvalue weighted by molar-refractivity contribution is 7.80. The lowest BCUT2D eigenvalue weighted by Gasteiger charge is -2.07. The maximum atomic E-state index is 10.4. The van der Waals surface area contributed by atoms with Crippen LogP contribution in [0.4, 0.5) is 0 Å². The van der Waals surface area contributed by atoms with Crippen molar-refractivity contribution in [3.63, 3.8) is 0 Å². The molecule has 0 radical (unpaired) electrons. The minimum Gasteiger partial charge on any atom is -0.481 e. The van der Waals surface area contributed by atoms with Crippen LogP contribution in [-0.4, -0.2) is 15.9 Å². The Morgan fingerprint density at radius 3 is 2.70 bits per heavy atom. The molecule has 0 heterocycles. The number of carboxylic acid groups (broad SMARTS) is 1. The molecule has 0 aromatic carbocycles. The molecule has 3 heteroatoms. The summed E-state index contributed by atoms with van der Waals surface area (Å²) < 4.78 is 0. The monoisotopic (exact) mass is 154 g/mol. The number of allylic oxidation sites excluding steroid dienone is 3. The maximum Gasteiger partial charge on any atom is 0.315 e. The fraction of sp³-hybridized carbons (Fsp3) is 0.143. The van der Waals surface area contributed by atoms with Gasteiger partial charge in [-0.25, -0.2) is 0 Å². The van der Waals surface area contributed by atoms with E-state index in [4.69, 9.17) is 17.3 Å². The molecular formula is C7H6O2S. The summed E-state index contributed by atoms with van der Waals surface area (Å²) in [7, 11) is 0. The van der Waals surface area contributed by atoms with E-state index in [2.05, 4.69) is 0 Å². The minimum absolute atomic E-state index is 0.468. The Kier molecular flexibility index (Phi) is 1.97. The van der Waals surface area contributed by atoms with Crippen molar-refractivity contribution in [1.29, 1.82) is 0 Å².